The van der Waals surface area contributed by atoms with E-state index in [2.05, 4.69) is 29.2 Å². The zero-order valence-electron chi connectivity index (χ0n) is 14.0. The molecule has 3 rings (SSSR count). The molecule has 0 fully saturated rings. The maximum Gasteiger partial charge on any atom is 0.269 e. The summed E-state index contributed by atoms with van der Waals surface area (Å²) in [4.78, 5) is 16.9. The number of benzene rings is 1. The van der Waals surface area contributed by atoms with Gasteiger partial charge in [-0.15, -0.1) is 11.3 Å². The molecule has 0 saturated carbocycles. The summed E-state index contributed by atoms with van der Waals surface area (Å²) in [5.41, 5.74) is 3.44. The molecule has 1 amide bonds. The second kappa shape index (κ2) is 6.97. The van der Waals surface area contributed by atoms with Gasteiger partial charge in [-0.05, 0) is 12.0 Å². The van der Waals surface area contributed by atoms with Crippen LogP contribution in [0.2, 0.25) is 0 Å². The molecule has 0 atom stereocenters. The molecule has 3 aromatic rings. The van der Waals surface area contributed by atoms with Gasteiger partial charge in [-0.2, -0.15) is 5.10 Å². The van der Waals surface area contributed by atoms with Crippen molar-refractivity contribution in [1.29, 1.82) is 0 Å². The fourth-order valence-electron chi connectivity index (χ4n) is 2.35. The molecule has 0 unspecified atom stereocenters. The quantitative estimate of drug-likeness (QED) is 0.772. The molecule has 0 saturated heterocycles. The summed E-state index contributed by atoms with van der Waals surface area (Å²) in [6.45, 7) is 4.53. The molecule has 2 heterocycles. The van der Waals surface area contributed by atoms with E-state index in [1.54, 1.807) is 23.1 Å². The second-order valence-electron chi connectivity index (χ2n) is 5.93. The van der Waals surface area contributed by atoms with Gasteiger partial charge in [0.25, 0.3) is 5.91 Å². The third-order valence-electron chi connectivity index (χ3n) is 3.73. The first-order chi connectivity index (χ1) is 11.5. The van der Waals surface area contributed by atoms with Gasteiger partial charge >= 0.3 is 0 Å². The van der Waals surface area contributed by atoms with Crippen molar-refractivity contribution < 1.29 is 4.79 Å². The van der Waals surface area contributed by atoms with Crippen molar-refractivity contribution in [3.8, 4) is 10.6 Å². The molecule has 0 aliphatic heterocycles. The Bertz CT molecular complexity index is 836. The highest BCUT2D eigenvalue weighted by atomic mass is 32.1. The maximum atomic E-state index is 12.4. The summed E-state index contributed by atoms with van der Waals surface area (Å²) in [5, 5.41) is 10.2. The summed E-state index contributed by atoms with van der Waals surface area (Å²) < 4.78 is 1.63. The Kier molecular flexibility index (Phi) is 4.76. The lowest BCUT2D eigenvalue weighted by Crippen LogP contribution is -2.25. The summed E-state index contributed by atoms with van der Waals surface area (Å²) in [6, 6.07) is 11.9. The van der Waals surface area contributed by atoms with E-state index in [0.29, 0.717) is 18.2 Å². The second-order valence-corrected chi connectivity index (χ2v) is 6.78. The lowest BCUT2D eigenvalue weighted by molar-refractivity contribution is 0.0941. The van der Waals surface area contributed by atoms with Crippen molar-refractivity contribution in [3.63, 3.8) is 0 Å². The van der Waals surface area contributed by atoms with E-state index in [4.69, 9.17) is 0 Å². The topological polar surface area (TPSA) is 59.8 Å². The lowest BCUT2D eigenvalue weighted by Gasteiger charge is -2.03. The Morgan fingerprint density at radius 1 is 1.29 bits per heavy atom. The van der Waals surface area contributed by atoms with Crippen LogP contribution >= 0.6 is 11.3 Å². The smallest absolute Gasteiger partial charge is 0.269 e. The number of hydrogen-bond acceptors (Lipinski definition) is 4. The number of nitrogens with one attached hydrogen (secondary N) is 1. The van der Waals surface area contributed by atoms with Gasteiger partial charge in [0.2, 0.25) is 0 Å². The molecule has 0 radical (unpaired) electrons. The Morgan fingerprint density at radius 2 is 2.04 bits per heavy atom. The highest BCUT2D eigenvalue weighted by Crippen LogP contribution is 2.23. The molecule has 1 N–H and O–H groups in total. The molecule has 24 heavy (non-hydrogen) atoms. The van der Waals surface area contributed by atoms with Crippen LogP contribution in [0.4, 0.5) is 0 Å². The summed E-state index contributed by atoms with van der Waals surface area (Å²) in [5.74, 6) is 0.163. The average Bonchev–Trinajstić information content (AvgIpc) is 3.20. The number of rotatable bonds is 5. The highest BCUT2D eigenvalue weighted by molar-refractivity contribution is 7.13. The first kappa shape index (κ1) is 16.4. The lowest BCUT2D eigenvalue weighted by atomic mass is 10.1. The minimum atomic E-state index is -0.133. The Hall–Kier alpha value is -2.47. The standard InChI is InChI=1S/C18H20N4OS/c1-12(2)15-9-16(22(3)21-15)17(23)19-10-14-11-24-18(20-14)13-7-5-4-6-8-13/h4-9,11-12H,10H2,1-3H3,(H,19,23). The van der Waals surface area contributed by atoms with Crippen LogP contribution in [-0.4, -0.2) is 20.7 Å². The van der Waals surface area contributed by atoms with Gasteiger partial charge in [-0.3, -0.25) is 9.48 Å². The molecule has 0 aliphatic rings. The average molecular weight is 340 g/mol. The van der Waals surface area contributed by atoms with Crippen LogP contribution in [0.15, 0.2) is 41.8 Å². The van der Waals surface area contributed by atoms with Crippen LogP contribution in [0.5, 0.6) is 0 Å². The number of amides is 1. The van der Waals surface area contributed by atoms with Gasteiger partial charge in [0.05, 0.1) is 17.9 Å². The van der Waals surface area contributed by atoms with Crippen molar-refractivity contribution in [3.05, 3.63) is 58.9 Å². The number of carbonyl (C=O) groups is 1. The summed E-state index contributed by atoms with van der Waals surface area (Å²) >= 11 is 1.58. The predicted octanol–water partition coefficient (Wildman–Crippen LogP) is 3.60. The SMILES string of the molecule is CC(C)c1cc(C(=O)NCc2csc(-c3ccccc3)n2)n(C)n1. The number of thiazole rings is 1. The molecule has 1 aromatic carbocycles. The van der Waals surface area contributed by atoms with E-state index in [-0.39, 0.29) is 5.91 Å². The fourth-order valence-corrected chi connectivity index (χ4v) is 3.17. The van der Waals surface area contributed by atoms with Crippen molar-refractivity contribution in [2.24, 2.45) is 7.05 Å². The van der Waals surface area contributed by atoms with Crippen LogP contribution in [0.1, 0.15) is 41.6 Å². The minimum absolute atomic E-state index is 0.133. The Balaban J connectivity index is 1.66. The molecule has 0 bridgehead atoms. The van der Waals surface area contributed by atoms with Gasteiger partial charge < -0.3 is 5.32 Å². The normalized spacial score (nSPS) is 11.0. The van der Waals surface area contributed by atoms with E-state index < -0.39 is 0 Å². The van der Waals surface area contributed by atoms with E-state index in [1.165, 1.54) is 0 Å². The van der Waals surface area contributed by atoms with Crippen molar-refractivity contribution >= 4 is 17.2 Å². The van der Waals surface area contributed by atoms with Gasteiger partial charge in [-0.25, -0.2) is 4.98 Å². The first-order valence-electron chi connectivity index (χ1n) is 7.86. The molecule has 5 nitrogen and oxygen atoms in total. The maximum absolute atomic E-state index is 12.4. The predicted molar refractivity (Wildman–Crippen MR) is 96.0 cm³/mol. The van der Waals surface area contributed by atoms with Gasteiger partial charge in [-0.1, -0.05) is 44.2 Å². The minimum Gasteiger partial charge on any atom is -0.345 e. The van der Waals surface area contributed by atoms with Crippen LogP contribution < -0.4 is 5.32 Å². The molecule has 0 aliphatic carbocycles. The van der Waals surface area contributed by atoms with Crippen LogP contribution in [0.3, 0.4) is 0 Å². The molecular weight excluding hydrogens is 320 g/mol. The fraction of sp³-hybridized carbons (Fsp3) is 0.278. The van der Waals surface area contributed by atoms with E-state index in [0.717, 1.165) is 22.0 Å². The van der Waals surface area contributed by atoms with E-state index >= 15 is 0 Å². The number of carbonyl (C=O) groups excluding carboxylic acids is 1. The number of hydrogen-bond donors (Lipinski definition) is 1. The highest BCUT2D eigenvalue weighted by Gasteiger charge is 2.15. The Morgan fingerprint density at radius 3 is 2.71 bits per heavy atom. The van der Waals surface area contributed by atoms with Crippen molar-refractivity contribution in [1.82, 2.24) is 20.1 Å². The zero-order valence-corrected chi connectivity index (χ0v) is 14.8. The summed E-state index contributed by atoms with van der Waals surface area (Å²) in [6.07, 6.45) is 0. The molecule has 0 spiro atoms. The third kappa shape index (κ3) is 3.54. The number of aromatic nitrogens is 3. The van der Waals surface area contributed by atoms with Crippen molar-refractivity contribution in [2.75, 3.05) is 0 Å². The Labute approximate surface area is 145 Å². The zero-order chi connectivity index (χ0) is 17.1. The number of nitrogens with zero attached hydrogens (tertiary/aromatic N) is 3. The van der Waals surface area contributed by atoms with Gasteiger partial charge in [0, 0.05) is 18.0 Å². The van der Waals surface area contributed by atoms with Gasteiger partial charge in [0.15, 0.2) is 0 Å². The van der Waals surface area contributed by atoms with Crippen LogP contribution in [-0.2, 0) is 13.6 Å². The van der Waals surface area contributed by atoms with Gasteiger partial charge in [0.1, 0.15) is 10.7 Å². The van der Waals surface area contributed by atoms with Crippen LogP contribution in [0, 0.1) is 0 Å². The summed E-state index contributed by atoms with van der Waals surface area (Å²) in [7, 11) is 1.79. The van der Waals surface area contributed by atoms with E-state index in [1.807, 2.05) is 41.8 Å². The molecule has 124 valence electrons. The molecule has 2 aromatic heterocycles. The van der Waals surface area contributed by atoms with Crippen molar-refractivity contribution in [2.45, 2.75) is 26.3 Å². The number of aryl methyl sites for hydroxylation is 1. The molecule has 6 heteroatoms. The monoisotopic (exact) mass is 340 g/mol. The van der Waals surface area contributed by atoms with Crippen LogP contribution in [0.25, 0.3) is 10.6 Å². The van der Waals surface area contributed by atoms with E-state index in [9.17, 15) is 4.79 Å². The first-order valence-corrected chi connectivity index (χ1v) is 8.74. The third-order valence-corrected chi connectivity index (χ3v) is 4.67. The largest absolute Gasteiger partial charge is 0.345 e. The molecular formula is C18H20N4OS.